The lowest BCUT2D eigenvalue weighted by atomic mass is 9.73. The molecule has 0 bridgehead atoms. The summed E-state index contributed by atoms with van der Waals surface area (Å²) in [5.41, 5.74) is 3.05. The number of carbonyl (C=O) groups is 2. The molecule has 3 aromatic rings. The fourth-order valence-corrected chi connectivity index (χ4v) is 4.58. The molecule has 0 saturated carbocycles. The minimum Gasteiger partial charge on any atom is -0.348 e. The lowest BCUT2D eigenvalue weighted by molar-refractivity contribution is -0.142. The summed E-state index contributed by atoms with van der Waals surface area (Å²) in [4.78, 5) is 38.0. The van der Waals surface area contributed by atoms with Crippen LogP contribution < -0.4 is 0 Å². The topological polar surface area (TPSA) is 66.4 Å². The van der Waals surface area contributed by atoms with Crippen molar-refractivity contribution < 1.29 is 9.59 Å². The summed E-state index contributed by atoms with van der Waals surface area (Å²) in [5, 5.41) is 0. The van der Waals surface area contributed by atoms with Crippen LogP contribution >= 0.6 is 0 Å². The van der Waals surface area contributed by atoms with E-state index in [2.05, 4.69) is 46.4 Å². The van der Waals surface area contributed by atoms with Crippen molar-refractivity contribution in [2.24, 2.45) is 5.41 Å². The maximum Gasteiger partial charge on any atom is 0.274 e. The zero-order valence-electron chi connectivity index (χ0n) is 18.6. The highest BCUT2D eigenvalue weighted by Crippen LogP contribution is 2.36. The largest absolute Gasteiger partial charge is 0.348 e. The summed E-state index contributed by atoms with van der Waals surface area (Å²) in [6.07, 6.45) is 6.65. The van der Waals surface area contributed by atoms with E-state index in [1.54, 1.807) is 30.1 Å². The summed E-state index contributed by atoms with van der Waals surface area (Å²) in [5.74, 6) is -0.116. The molecule has 1 aliphatic rings. The van der Waals surface area contributed by atoms with Crippen LogP contribution in [0.25, 0.3) is 11.1 Å². The van der Waals surface area contributed by atoms with Crippen LogP contribution in [0.3, 0.4) is 0 Å². The van der Waals surface area contributed by atoms with Gasteiger partial charge in [-0.1, -0.05) is 54.6 Å². The van der Waals surface area contributed by atoms with Crippen LogP contribution in [0.1, 0.15) is 28.9 Å². The average Bonchev–Trinajstić information content (AvgIpc) is 2.84. The second-order valence-corrected chi connectivity index (χ2v) is 8.64. The van der Waals surface area contributed by atoms with E-state index < -0.39 is 5.41 Å². The molecule has 1 saturated heterocycles. The molecule has 4 rings (SSSR count). The van der Waals surface area contributed by atoms with Gasteiger partial charge in [0.25, 0.3) is 5.91 Å². The molecule has 2 heterocycles. The fourth-order valence-electron chi connectivity index (χ4n) is 4.58. The first-order chi connectivity index (χ1) is 15.5. The minimum absolute atomic E-state index is 0.0567. The normalized spacial score (nSPS) is 18.2. The highest BCUT2D eigenvalue weighted by atomic mass is 16.2. The predicted octanol–water partition coefficient (Wildman–Crippen LogP) is 3.70. The molecular formula is C26H28N4O2. The van der Waals surface area contributed by atoms with Gasteiger partial charge < -0.3 is 9.80 Å². The molecule has 0 aliphatic carbocycles. The summed E-state index contributed by atoms with van der Waals surface area (Å²) in [6, 6.07) is 18.6. The van der Waals surface area contributed by atoms with Gasteiger partial charge in [-0.3, -0.25) is 14.6 Å². The number of hydrogen-bond donors (Lipinski definition) is 0. The van der Waals surface area contributed by atoms with Crippen molar-refractivity contribution in [2.75, 3.05) is 27.2 Å². The number of nitrogens with zero attached hydrogens (tertiary/aromatic N) is 4. The predicted molar refractivity (Wildman–Crippen MR) is 124 cm³/mol. The lowest BCUT2D eigenvalue weighted by Gasteiger charge is -2.43. The Balaban J connectivity index is 1.59. The van der Waals surface area contributed by atoms with E-state index >= 15 is 0 Å². The summed E-state index contributed by atoms with van der Waals surface area (Å²) in [6.45, 7) is 0.991. The van der Waals surface area contributed by atoms with E-state index in [-0.39, 0.29) is 11.8 Å². The van der Waals surface area contributed by atoms with E-state index in [9.17, 15) is 9.59 Å². The van der Waals surface area contributed by atoms with Crippen molar-refractivity contribution in [3.8, 4) is 11.1 Å². The van der Waals surface area contributed by atoms with Crippen LogP contribution in [0.15, 0.2) is 73.2 Å². The average molecular weight is 429 g/mol. The van der Waals surface area contributed by atoms with Gasteiger partial charge in [0.15, 0.2) is 0 Å². The number of hydrogen-bond acceptors (Lipinski definition) is 4. The third-order valence-corrected chi connectivity index (χ3v) is 6.11. The zero-order valence-corrected chi connectivity index (χ0v) is 18.6. The van der Waals surface area contributed by atoms with Gasteiger partial charge in [0.05, 0.1) is 11.6 Å². The van der Waals surface area contributed by atoms with Crippen LogP contribution in [0.5, 0.6) is 0 Å². The third kappa shape index (κ3) is 4.54. The Bertz CT molecular complexity index is 1070. The maximum atomic E-state index is 13.4. The highest BCUT2D eigenvalue weighted by Gasteiger charge is 2.44. The molecule has 0 N–H and O–H groups in total. The van der Waals surface area contributed by atoms with Gasteiger partial charge in [-0.05, 0) is 36.0 Å². The van der Waals surface area contributed by atoms with Crippen LogP contribution in [-0.2, 0) is 11.2 Å². The second-order valence-electron chi connectivity index (χ2n) is 8.64. The van der Waals surface area contributed by atoms with Gasteiger partial charge >= 0.3 is 0 Å². The summed E-state index contributed by atoms with van der Waals surface area (Å²) >= 11 is 0. The van der Waals surface area contributed by atoms with E-state index in [1.807, 2.05) is 18.2 Å². The Kier molecular flexibility index (Phi) is 6.30. The Hall–Kier alpha value is -3.54. The minimum atomic E-state index is -0.659. The standard InChI is InChI=1S/C26H28N4O2/c1-29(2)25(32)26(13-6-16-30(19-26)24(31)23-18-27-14-15-28-23)17-20-9-11-22(12-10-20)21-7-4-3-5-8-21/h3-5,7-12,14-15,18H,6,13,16-17,19H2,1-2H3. The number of likely N-dealkylation sites (tertiary alicyclic amines) is 1. The molecule has 2 amide bonds. The van der Waals surface area contributed by atoms with Crippen molar-refractivity contribution in [3.63, 3.8) is 0 Å². The van der Waals surface area contributed by atoms with E-state index in [4.69, 9.17) is 0 Å². The van der Waals surface area contributed by atoms with Gasteiger partial charge in [-0.15, -0.1) is 0 Å². The summed E-state index contributed by atoms with van der Waals surface area (Å²) in [7, 11) is 3.57. The molecule has 1 aromatic heterocycles. The van der Waals surface area contributed by atoms with Gasteiger partial charge in [-0.2, -0.15) is 0 Å². The van der Waals surface area contributed by atoms with Gasteiger partial charge in [0, 0.05) is 39.6 Å². The maximum absolute atomic E-state index is 13.4. The van der Waals surface area contributed by atoms with E-state index in [0.29, 0.717) is 25.2 Å². The smallest absolute Gasteiger partial charge is 0.274 e. The number of rotatable bonds is 5. The summed E-state index contributed by atoms with van der Waals surface area (Å²) < 4.78 is 0. The SMILES string of the molecule is CN(C)C(=O)C1(Cc2ccc(-c3ccccc3)cc2)CCCN(C(=O)c2cnccn2)C1. The number of piperidine rings is 1. The molecule has 2 aromatic carbocycles. The van der Waals surface area contributed by atoms with Crippen LogP contribution in [0.2, 0.25) is 0 Å². The van der Waals surface area contributed by atoms with Crippen LogP contribution in [-0.4, -0.2) is 58.8 Å². The Labute approximate surface area is 188 Å². The Morgan fingerprint density at radius 1 is 1.00 bits per heavy atom. The van der Waals surface area contributed by atoms with Crippen molar-refractivity contribution in [2.45, 2.75) is 19.3 Å². The molecule has 0 radical (unpaired) electrons. The molecule has 164 valence electrons. The molecule has 1 fully saturated rings. The molecule has 1 unspecified atom stereocenters. The van der Waals surface area contributed by atoms with E-state index in [1.165, 1.54) is 12.4 Å². The van der Waals surface area contributed by atoms with Gasteiger partial charge in [-0.25, -0.2) is 4.98 Å². The first-order valence-corrected chi connectivity index (χ1v) is 10.9. The number of amides is 2. The molecule has 0 spiro atoms. The van der Waals surface area contributed by atoms with Gasteiger partial charge in [0.2, 0.25) is 5.91 Å². The Morgan fingerprint density at radius 2 is 1.72 bits per heavy atom. The van der Waals surface area contributed by atoms with Crippen LogP contribution in [0.4, 0.5) is 0 Å². The first kappa shape index (κ1) is 21.7. The molecule has 6 nitrogen and oxygen atoms in total. The van der Waals surface area contributed by atoms with Crippen molar-refractivity contribution >= 4 is 11.8 Å². The molecule has 1 atom stereocenters. The molecule has 32 heavy (non-hydrogen) atoms. The monoisotopic (exact) mass is 428 g/mol. The van der Waals surface area contributed by atoms with Crippen molar-refractivity contribution in [3.05, 3.63) is 84.4 Å². The number of aromatic nitrogens is 2. The van der Waals surface area contributed by atoms with Crippen LogP contribution in [0, 0.1) is 5.41 Å². The zero-order chi connectivity index (χ0) is 22.6. The van der Waals surface area contributed by atoms with Gasteiger partial charge in [0.1, 0.15) is 5.69 Å². The molecule has 6 heteroatoms. The van der Waals surface area contributed by atoms with E-state index in [0.717, 1.165) is 29.5 Å². The second kappa shape index (κ2) is 9.30. The van der Waals surface area contributed by atoms with Crippen molar-refractivity contribution in [1.29, 1.82) is 0 Å². The first-order valence-electron chi connectivity index (χ1n) is 10.9. The van der Waals surface area contributed by atoms with Crippen molar-refractivity contribution in [1.82, 2.24) is 19.8 Å². The quantitative estimate of drug-likeness (QED) is 0.622. The Morgan fingerprint density at radius 3 is 2.38 bits per heavy atom. The fraction of sp³-hybridized carbons (Fsp3) is 0.308. The highest BCUT2D eigenvalue weighted by molar-refractivity contribution is 5.93. The molecular weight excluding hydrogens is 400 g/mol. The lowest BCUT2D eigenvalue weighted by Crippen LogP contribution is -2.54. The number of carbonyl (C=O) groups excluding carboxylic acids is 2. The molecule has 1 aliphatic heterocycles. The third-order valence-electron chi connectivity index (χ3n) is 6.11. The number of benzene rings is 2.